The molecular weight excluding hydrogens is 392 g/mol. The van der Waals surface area contributed by atoms with E-state index < -0.39 is 17.4 Å². The molecule has 1 aromatic carbocycles. The van der Waals surface area contributed by atoms with Crippen LogP contribution in [0.3, 0.4) is 0 Å². The molecule has 0 atom stereocenters. The zero-order valence-electron chi connectivity index (χ0n) is 16.8. The normalized spacial score (nSPS) is 13.5. The van der Waals surface area contributed by atoms with Gasteiger partial charge < -0.3 is 29.6 Å². The van der Waals surface area contributed by atoms with Crippen molar-refractivity contribution in [3.63, 3.8) is 0 Å². The monoisotopic (exact) mass is 418 g/mol. The average molecular weight is 418 g/mol. The van der Waals surface area contributed by atoms with E-state index in [0.717, 1.165) is 29.6 Å². The van der Waals surface area contributed by atoms with Crippen LogP contribution in [0, 0.1) is 6.92 Å². The molecule has 1 aliphatic rings. The molecule has 1 fully saturated rings. The first-order chi connectivity index (χ1) is 14.4. The molecular formula is C21H26N2O7. The summed E-state index contributed by atoms with van der Waals surface area (Å²) in [5.74, 6) is -2.12. The lowest BCUT2D eigenvalue weighted by atomic mass is 10.1. The molecule has 0 aliphatic heterocycles. The predicted molar refractivity (Wildman–Crippen MR) is 111 cm³/mol. The molecule has 1 aliphatic carbocycles. The zero-order valence-corrected chi connectivity index (χ0v) is 16.8. The number of aromatic nitrogens is 1. The van der Waals surface area contributed by atoms with Crippen LogP contribution in [0.4, 0.5) is 5.69 Å². The number of ether oxygens (including phenoxy) is 2. The number of carboxylic acid groups (broad SMARTS) is 2. The van der Waals surface area contributed by atoms with E-state index in [9.17, 15) is 19.5 Å². The molecule has 1 heterocycles. The number of nitrogens with one attached hydrogen (secondary N) is 1. The van der Waals surface area contributed by atoms with Crippen molar-refractivity contribution in [1.29, 1.82) is 0 Å². The van der Waals surface area contributed by atoms with E-state index in [4.69, 9.17) is 14.6 Å². The second kappa shape index (κ2) is 9.73. The van der Waals surface area contributed by atoms with Gasteiger partial charge in [0.1, 0.15) is 5.56 Å². The number of fused-ring (bicyclic) bond motifs is 1. The third kappa shape index (κ3) is 5.37. The summed E-state index contributed by atoms with van der Waals surface area (Å²) in [6.07, 6.45) is 3.39. The molecule has 162 valence electrons. The van der Waals surface area contributed by atoms with Gasteiger partial charge in [-0.3, -0.25) is 9.59 Å². The number of aliphatic carboxylic acids is 1. The van der Waals surface area contributed by atoms with E-state index >= 15 is 0 Å². The molecule has 9 nitrogen and oxygen atoms in total. The highest BCUT2D eigenvalue weighted by Gasteiger charge is 2.27. The van der Waals surface area contributed by atoms with Gasteiger partial charge in [-0.05, 0) is 37.5 Å². The van der Waals surface area contributed by atoms with Gasteiger partial charge in [0.15, 0.2) is 0 Å². The molecule has 0 spiro atoms. The van der Waals surface area contributed by atoms with Crippen LogP contribution in [0.15, 0.2) is 23.1 Å². The van der Waals surface area contributed by atoms with Crippen molar-refractivity contribution in [3.8, 4) is 0 Å². The molecule has 0 bridgehead atoms. The fourth-order valence-corrected chi connectivity index (χ4v) is 3.24. The maximum atomic E-state index is 12.7. The van der Waals surface area contributed by atoms with E-state index in [1.807, 2.05) is 17.6 Å². The number of hydrogen-bond donors (Lipinski definition) is 3. The minimum atomic E-state index is -1.22. The molecule has 9 heteroatoms. The summed E-state index contributed by atoms with van der Waals surface area (Å²) >= 11 is 0. The molecule has 1 saturated carbocycles. The van der Waals surface area contributed by atoms with Crippen molar-refractivity contribution < 1.29 is 29.3 Å². The zero-order chi connectivity index (χ0) is 21.7. The molecule has 3 rings (SSSR count). The van der Waals surface area contributed by atoms with Crippen LogP contribution in [0.2, 0.25) is 0 Å². The molecule has 0 amide bonds. The van der Waals surface area contributed by atoms with Crippen molar-refractivity contribution in [2.75, 3.05) is 38.3 Å². The lowest BCUT2D eigenvalue weighted by molar-refractivity contribution is -0.138. The highest BCUT2D eigenvalue weighted by molar-refractivity contribution is 5.94. The summed E-state index contributed by atoms with van der Waals surface area (Å²) in [5, 5.41) is 21.5. The summed E-state index contributed by atoms with van der Waals surface area (Å²) in [7, 11) is 0. The second-order valence-electron chi connectivity index (χ2n) is 7.30. The summed E-state index contributed by atoms with van der Waals surface area (Å²) in [6.45, 7) is 3.67. The van der Waals surface area contributed by atoms with Gasteiger partial charge >= 0.3 is 11.9 Å². The van der Waals surface area contributed by atoms with Crippen molar-refractivity contribution >= 4 is 28.5 Å². The fraction of sp³-hybridized carbons (Fsp3) is 0.476. The topological polar surface area (TPSA) is 127 Å². The first-order valence-electron chi connectivity index (χ1n) is 9.92. The number of aryl methyl sites for hydroxylation is 1. The van der Waals surface area contributed by atoms with Gasteiger partial charge in [-0.1, -0.05) is 0 Å². The van der Waals surface area contributed by atoms with Crippen molar-refractivity contribution in [3.05, 3.63) is 39.7 Å². The summed E-state index contributed by atoms with van der Waals surface area (Å²) in [4.78, 5) is 34.5. The van der Waals surface area contributed by atoms with Crippen molar-refractivity contribution in [1.82, 2.24) is 4.57 Å². The van der Waals surface area contributed by atoms with Crippen LogP contribution in [0.1, 0.15) is 41.2 Å². The highest BCUT2D eigenvalue weighted by Crippen LogP contribution is 2.37. The number of hydrogen-bond acceptors (Lipinski definition) is 6. The Morgan fingerprint density at radius 3 is 2.47 bits per heavy atom. The molecule has 2 aromatic rings. The van der Waals surface area contributed by atoms with E-state index in [1.165, 1.54) is 6.20 Å². The third-order valence-corrected chi connectivity index (χ3v) is 4.94. The quantitative estimate of drug-likeness (QED) is 0.448. The van der Waals surface area contributed by atoms with Gasteiger partial charge in [0, 0.05) is 29.9 Å². The van der Waals surface area contributed by atoms with Gasteiger partial charge in [0.05, 0.1) is 38.4 Å². The number of anilines is 1. The molecule has 30 heavy (non-hydrogen) atoms. The largest absolute Gasteiger partial charge is 0.481 e. The van der Waals surface area contributed by atoms with Crippen LogP contribution >= 0.6 is 0 Å². The first kappa shape index (κ1) is 21.8. The van der Waals surface area contributed by atoms with Crippen LogP contribution < -0.4 is 10.7 Å². The second-order valence-corrected chi connectivity index (χ2v) is 7.30. The van der Waals surface area contributed by atoms with Crippen LogP contribution in [-0.2, 0) is 14.3 Å². The van der Waals surface area contributed by atoms with E-state index in [-0.39, 0.29) is 24.6 Å². The van der Waals surface area contributed by atoms with E-state index in [2.05, 4.69) is 5.32 Å². The lowest BCUT2D eigenvalue weighted by Crippen LogP contribution is -2.19. The number of carbonyl (C=O) groups is 2. The third-order valence-electron chi connectivity index (χ3n) is 4.94. The number of rotatable bonds is 12. The van der Waals surface area contributed by atoms with Crippen molar-refractivity contribution in [2.24, 2.45) is 0 Å². The Labute approximate surface area is 173 Å². The van der Waals surface area contributed by atoms with Crippen LogP contribution in [-0.4, -0.2) is 59.7 Å². The maximum absolute atomic E-state index is 12.7. The van der Waals surface area contributed by atoms with Crippen LogP contribution in [0.5, 0.6) is 0 Å². The van der Waals surface area contributed by atoms with Gasteiger partial charge in [-0.25, -0.2) is 4.79 Å². The number of pyridine rings is 1. The minimum absolute atomic E-state index is 0.0329. The van der Waals surface area contributed by atoms with Crippen LogP contribution in [0.25, 0.3) is 10.9 Å². The summed E-state index contributed by atoms with van der Waals surface area (Å²) in [5.41, 5.74) is 1.77. The Bertz CT molecular complexity index is 995. The molecule has 0 saturated heterocycles. The lowest BCUT2D eigenvalue weighted by Gasteiger charge is -2.15. The Balaban J connectivity index is 1.62. The SMILES string of the molecule is Cc1cc2c(cc1NCCOCCOCCC(=O)O)c(=O)c(C(=O)O)cn2C1CC1. The smallest absolute Gasteiger partial charge is 0.341 e. The standard InChI is InChI=1S/C21H26N2O7/c1-13-10-18-15(20(26)16(21(27)28)12-23(18)14-2-3-14)11-17(13)22-5-7-30-9-8-29-6-4-19(24)25/h10-12,14,22H,2-9H2,1H3,(H,24,25)(H,27,28). The Morgan fingerprint density at radius 2 is 1.83 bits per heavy atom. The number of carboxylic acids is 2. The van der Waals surface area contributed by atoms with Gasteiger partial charge in [-0.15, -0.1) is 0 Å². The Morgan fingerprint density at radius 1 is 1.13 bits per heavy atom. The predicted octanol–water partition coefficient (Wildman–Crippen LogP) is 2.26. The highest BCUT2D eigenvalue weighted by atomic mass is 16.5. The van der Waals surface area contributed by atoms with E-state index in [0.29, 0.717) is 31.8 Å². The number of benzene rings is 1. The van der Waals surface area contributed by atoms with Crippen molar-refractivity contribution in [2.45, 2.75) is 32.2 Å². The number of nitrogens with zero attached hydrogens (tertiary/aromatic N) is 1. The summed E-state index contributed by atoms with van der Waals surface area (Å²) in [6, 6.07) is 3.88. The Kier molecular flexibility index (Phi) is 7.07. The van der Waals surface area contributed by atoms with Gasteiger partial charge in [0.2, 0.25) is 5.43 Å². The molecule has 3 N–H and O–H groups in total. The van der Waals surface area contributed by atoms with Gasteiger partial charge in [-0.2, -0.15) is 0 Å². The molecule has 0 unspecified atom stereocenters. The molecule has 1 aromatic heterocycles. The average Bonchev–Trinajstić information content (AvgIpc) is 3.52. The molecule has 0 radical (unpaired) electrons. The first-order valence-corrected chi connectivity index (χ1v) is 9.92. The Hall–Kier alpha value is -2.91. The van der Waals surface area contributed by atoms with Gasteiger partial charge in [0.25, 0.3) is 0 Å². The van der Waals surface area contributed by atoms with E-state index in [1.54, 1.807) is 6.07 Å². The minimum Gasteiger partial charge on any atom is -0.481 e. The number of aromatic carboxylic acids is 1. The fourth-order valence-electron chi connectivity index (χ4n) is 3.24. The summed E-state index contributed by atoms with van der Waals surface area (Å²) < 4.78 is 12.5. The maximum Gasteiger partial charge on any atom is 0.341 e.